The van der Waals surface area contributed by atoms with Gasteiger partial charge in [0.1, 0.15) is 13.2 Å². The van der Waals surface area contributed by atoms with Crippen LogP contribution in [-0.4, -0.2) is 52.7 Å². The molecule has 196 valence electrons. The first-order chi connectivity index (χ1) is 16.9. The number of aliphatic hydroxyl groups is 1. The van der Waals surface area contributed by atoms with E-state index >= 15 is 0 Å². The second-order valence-electron chi connectivity index (χ2n) is 7.71. The summed E-state index contributed by atoms with van der Waals surface area (Å²) in [5.74, 6) is 1.01. The van der Waals surface area contributed by atoms with Crippen molar-refractivity contribution in [2.24, 2.45) is 18.9 Å². The molecule has 0 saturated heterocycles. The molecule has 0 spiro atoms. The average Bonchev–Trinajstić information content (AvgIpc) is 3.38. The minimum atomic E-state index is -0.792. The van der Waals surface area contributed by atoms with Gasteiger partial charge >= 0.3 is 11.6 Å². The van der Waals surface area contributed by atoms with Crippen molar-refractivity contribution in [3.8, 4) is 0 Å². The van der Waals surface area contributed by atoms with Crippen LogP contribution in [0.3, 0.4) is 0 Å². The Morgan fingerprint density at radius 3 is 1.97 bits per heavy atom. The maximum Gasteiger partial charge on any atom is 0.508 e. The summed E-state index contributed by atoms with van der Waals surface area (Å²) in [6.07, 6.45) is 23.0. The van der Waals surface area contributed by atoms with E-state index in [9.17, 15) is 9.59 Å². The monoisotopic (exact) mass is 510 g/mol. The summed E-state index contributed by atoms with van der Waals surface area (Å²) < 4.78 is 15.7. The Bertz CT molecular complexity index is 749. The molecular weight excluding hydrogens is 472 g/mol. The lowest BCUT2D eigenvalue weighted by atomic mass is 9.95. The summed E-state index contributed by atoms with van der Waals surface area (Å²) in [6, 6.07) is 0. The van der Waals surface area contributed by atoms with Crippen LogP contribution in [0.2, 0.25) is 0 Å². The number of aryl methyl sites for hydroxylation is 1. The van der Waals surface area contributed by atoms with Crippen LogP contribution >= 0.6 is 11.6 Å². The standard InChI is InChI=1S/C11H16O3.C7H12O.C4H5ClO2.C4H6N2/c1-2-8-13-11(12)14-9-10-6-4-3-5-7-10;8-6-7-4-2-1-3-5-7;1-2-3-7-4(5)6;1-6-3-2-5-4-6/h2-4,10H,1,5-9H2;1-2,7-8H,3-6H2;2H,1,3H2;2-4H,1H3. The van der Waals surface area contributed by atoms with Gasteiger partial charge in [-0.05, 0) is 50.4 Å². The molecule has 0 saturated carbocycles. The molecule has 0 bridgehead atoms. The van der Waals surface area contributed by atoms with Gasteiger partial charge in [-0.1, -0.05) is 49.6 Å². The van der Waals surface area contributed by atoms with E-state index in [0.29, 0.717) is 25.0 Å². The van der Waals surface area contributed by atoms with Gasteiger partial charge in [0, 0.05) is 37.6 Å². The van der Waals surface area contributed by atoms with Gasteiger partial charge in [-0.2, -0.15) is 0 Å². The molecule has 8 nitrogen and oxygen atoms in total. The zero-order valence-electron chi connectivity index (χ0n) is 20.6. The molecule has 2 atom stereocenters. The van der Waals surface area contributed by atoms with Gasteiger partial charge in [-0.15, -0.1) is 0 Å². The molecule has 2 unspecified atom stereocenters. The Kier molecular flexibility index (Phi) is 21.1. The predicted molar refractivity (Wildman–Crippen MR) is 138 cm³/mol. The molecule has 2 aliphatic rings. The van der Waals surface area contributed by atoms with Gasteiger partial charge in [-0.3, -0.25) is 0 Å². The predicted octanol–water partition coefficient (Wildman–Crippen LogP) is 5.98. The quantitative estimate of drug-likeness (QED) is 0.273. The second kappa shape index (κ2) is 22.9. The molecule has 9 heteroatoms. The number of nitrogens with zero attached hydrogens (tertiary/aromatic N) is 2. The Labute approximate surface area is 213 Å². The third-order valence-corrected chi connectivity index (χ3v) is 4.83. The third kappa shape index (κ3) is 21.4. The smallest absolute Gasteiger partial charge is 0.449 e. The van der Waals surface area contributed by atoms with Crippen LogP contribution < -0.4 is 0 Å². The van der Waals surface area contributed by atoms with Crippen molar-refractivity contribution in [2.75, 3.05) is 26.4 Å². The molecule has 3 rings (SSSR count). The lowest BCUT2D eigenvalue weighted by Gasteiger charge is -2.16. The molecule has 0 aromatic carbocycles. The molecule has 0 aliphatic heterocycles. The molecule has 1 aromatic rings. The number of aliphatic hydroxyl groups excluding tert-OH is 1. The molecule has 2 aliphatic carbocycles. The molecular formula is C26H39ClN2O6. The molecule has 0 amide bonds. The zero-order valence-corrected chi connectivity index (χ0v) is 21.4. The highest BCUT2D eigenvalue weighted by atomic mass is 35.5. The first kappa shape index (κ1) is 32.2. The number of carbonyl (C=O) groups excluding carboxylic acids is 2. The fourth-order valence-electron chi connectivity index (χ4n) is 2.83. The number of aromatic nitrogens is 2. The first-order valence-corrected chi connectivity index (χ1v) is 12.0. The van der Waals surface area contributed by atoms with Crippen LogP contribution in [0, 0.1) is 11.8 Å². The summed E-state index contributed by atoms with van der Waals surface area (Å²) in [7, 11) is 1.94. The molecule has 1 N–H and O–H groups in total. The number of hydrogen-bond acceptors (Lipinski definition) is 7. The Balaban J connectivity index is 0.000000471. The van der Waals surface area contributed by atoms with Gasteiger partial charge < -0.3 is 23.9 Å². The topological polar surface area (TPSA) is 99.9 Å². The Morgan fingerprint density at radius 2 is 1.63 bits per heavy atom. The van der Waals surface area contributed by atoms with E-state index in [-0.39, 0.29) is 13.2 Å². The maximum atomic E-state index is 10.9. The van der Waals surface area contributed by atoms with Crippen LogP contribution in [0.5, 0.6) is 0 Å². The van der Waals surface area contributed by atoms with E-state index in [1.807, 2.05) is 17.8 Å². The minimum Gasteiger partial charge on any atom is -0.449 e. The van der Waals surface area contributed by atoms with Crippen LogP contribution in [0.25, 0.3) is 0 Å². The summed E-state index contributed by atoms with van der Waals surface area (Å²) >= 11 is 4.75. The van der Waals surface area contributed by atoms with Gasteiger partial charge in [0.15, 0.2) is 0 Å². The number of rotatable bonds is 7. The summed E-state index contributed by atoms with van der Waals surface area (Å²) in [4.78, 5) is 24.4. The van der Waals surface area contributed by atoms with Crippen molar-refractivity contribution in [1.82, 2.24) is 9.55 Å². The first-order valence-electron chi connectivity index (χ1n) is 11.6. The highest BCUT2D eigenvalue weighted by Gasteiger charge is 2.12. The van der Waals surface area contributed by atoms with Crippen LogP contribution in [0.1, 0.15) is 38.5 Å². The van der Waals surface area contributed by atoms with E-state index in [1.165, 1.54) is 18.6 Å². The molecule has 0 fully saturated rings. The normalized spacial score (nSPS) is 17.6. The summed E-state index contributed by atoms with van der Waals surface area (Å²) in [5, 5.41) is 8.66. The number of hydrogen-bond donors (Lipinski definition) is 1. The molecule has 1 heterocycles. The average molecular weight is 511 g/mol. The number of halogens is 1. The van der Waals surface area contributed by atoms with Crippen molar-refractivity contribution in [3.63, 3.8) is 0 Å². The highest BCUT2D eigenvalue weighted by Crippen LogP contribution is 2.18. The maximum absolute atomic E-state index is 10.9. The van der Waals surface area contributed by atoms with Crippen molar-refractivity contribution in [2.45, 2.75) is 38.5 Å². The summed E-state index contributed by atoms with van der Waals surface area (Å²) in [6.45, 7) is 7.96. The van der Waals surface area contributed by atoms with E-state index in [2.05, 4.69) is 51.9 Å². The number of carbonyl (C=O) groups is 2. The molecule has 35 heavy (non-hydrogen) atoms. The minimum absolute atomic E-state index is 0.183. The number of imidazole rings is 1. The van der Waals surface area contributed by atoms with Crippen molar-refractivity contribution < 1.29 is 28.9 Å². The third-order valence-electron chi connectivity index (χ3n) is 4.72. The van der Waals surface area contributed by atoms with Crippen LogP contribution in [-0.2, 0) is 21.3 Å². The number of allylic oxidation sites excluding steroid dienone is 4. The summed E-state index contributed by atoms with van der Waals surface area (Å²) in [5.41, 5.74) is -0.792. The van der Waals surface area contributed by atoms with E-state index < -0.39 is 11.6 Å². The van der Waals surface area contributed by atoms with Crippen molar-refractivity contribution in [1.29, 1.82) is 0 Å². The zero-order chi connectivity index (χ0) is 26.2. The lowest BCUT2D eigenvalue weighted by molar-refractivity contribution is 0.0503. The second-order valence-corrected chi connectivity index (χ2v) is 8.02. The van der Waals surface area contributed by atoms with E-state index in [0.717, 1.165) is 32.1 Å². The van der Waals surface area contributed by atoms with Crippen LogP contribution in [0.15, 0.2) is 68.3 Å². The number of ether oxygens (including phenoxy) is 3. The fourth-order valence-corrected chi connectivity index (χ4v) is 2.90. The largest absolute Gasteiger partial charge is 0.508 e. The molecule has 0 radical (unpaired) electrons. The van der Waals surface area contributed by atoms with Crippen molar-refractivity contribution >= 4 is 23.2 Å². The van der Waals surface area contributed by atoms with Gasteiger partial charge in [0.25, 0.3) is 0 Å². The molecule has 1 aromatic heterocycles. The van der Waals surface area contributed by atoms with Gasteiger partial charge in [0.2, 0.25) is 0 Å². The van der Waals surface area contributed by atoms with Crippen molar-refractivity contribution in [3.05, 3.63) is 68.3 Å². The fraction of sp³-hybridized carbons (Fsp3) is 0.500. The highest BCUT2D eigenvalue weighted by molar-refractivity contribution is 6.61. The Morgan fingerprint density at radius 1 is 1.03 bits per heavy atom. The Hall–Kier alpha value is -2.84. The lowest BCUT2D eigenvalue weighted by Crippen LogP contribution is -2.16. The SMILES string of the molecule is C=CCOC(=O)Cl.C=CCOC(=O)OCC1CC=CCC1.Cn1ccnc1.OCC1CC=CCC1. The van der Waals surface area contributed by atoms with Gasteiger partial charge in [-0.25, -0.2) is 14.6 Å². The van der Waals surface area contributed by atoms with Gasteiger partial charge in [0.05, 0.1) is 12.9 Å². The van der Waals surface area contributed by atoms with E-state index in [1.54, 1.807) is 12.5 Å². The van der Waals surface area contributed by atoms with E-state index in [4.69, 9.17) is 21.4 Å². The van der Waals surface area contributed by atoms with Crippen LogP contribution in [0.4, 0.5) is 9.59 Å².